The van der Waals surface area contributed by atoms with Crippen molar-refractivity contribution in [3.05, 3.63) is 405 Å². The molecule has 12 heteroatoms. The van der Waals surface area contributed by atoms with Crippen LogP contribution in [0.15, 0.2) is 385 Å². The molecule has 0 bridgehead atoms. The molecule has 0 amide bonds. The van der Waals surface area contributed by atoms with E-state index in [1.54, 1.807) is 6.07 Å². The van der Waals surface area contributed by atoms with Crippen LogP contribution >= 0.6 is 66.1 Å². The Morgan fingerprint density at radius 1 is 0.304 bits per heavy atom. The molecule has 22 rings (SSSR count). The van der Waals surface area contributed by atoms with Crippen LogP contribution in [0, 0.1) is 3.57 Å². The van der Waals surface area contributed by atoms with E-state index in [1.807, 2.05) is 91.0 Å². The average Bonchev–Trinajstić information content (AvgIpc) is 1.60. The lowest BCUT2D eigenvalue weighted by molar-refractivity contribution is 0.425. The van der Waals surface area contributed by atoms with E-state index in [9.17, 15) is 10.0 Å². The molecule has 0 radical (unpaired) electrons. The Hall–Kier alpha value is -11.9. The topological polar surface area (TPSA) is 89.0 Å². The number of halogens is 4. The highest BCUT2D eigenvalue weighted by Crippen LogP contribution is 2.47. The van der Waals surface area contributed by atoms with E-state index < -0.39 is 7.12 Å². The Balaban J connectivity index is 0.000000101. The van der Waals surface area contributed by atoms with Crippen LogP contribution in [0.3, 0.4) is 0 Å². The summed E-state index contributed by atoms with van der Waals surface area (Å²) in [7, 11) is -1.50. The first-order valence-corrected chi connectivity index (χ1v) is 40.0. The van der Waals surface area contributed by atoms with Crippen LogP contribution in [-0.2, 0) is 6.42 Å². The molecule has 21 aromatic rings. The van der Waals surface area contributed by atoms with E-state index in [2.05, 4.69) is 358 Å². The highest BCUT2D eigenvalue weighted by Gasteiger charge is 2.24. The van der Waals surface area contributed by atoms with Crippen molar-refractivity contribution in [2.75, 3.05) is 0 Å². The summed E-state index contributed by atoms with van der Waals surface area (Å²) in [6, 6.07) is 131. The Kier molecular flexibility index (Phi) is 20.1. The molecule has 0 saturated heterocycles. The third kappa shape index (κ3) is 14.1. The Labute approximate surface area is 682 Å². The third-order valence-electron chi connectivity index (χ3n) is 20.9. The molecule has 0 saturated carbocycles. The van der Waals surface area contributed by atoms with Crippen molar-refractivity contribution in [1.29, 1.82) is 0 Å². The summed E-state index contributed by atoms with van der Waals surface area (Å²) in [5.74, 6) is 1.14. The van der Waals surface area contributed by atoms with Gasteiger partial charge in [0.25, 0.3) is 0 Å². The largest absolute Gasteiger partial charge is 0.488 e. The predicted molar refractivity (Wildman–Crippen MR) is 487 cm³/mol. The summed E-state index contributed by atoms with van der Waals surface area (Å²) in [6.45, 7) is 0. The van der Waals surface area contributed by atoms with Gasteiger partial charge in [-0.2, -0.15) is 9.97 Å². The van der Waals surface area contributed by atoms with Gasteiger partial charge in [0.2, 0.25) is 5.28 Å². The fourth-order valence-electron chi connectivity index (χ4n) is 15.9. The molecule has 7 nitrogen and oxygen atoms in total. The van der Waals surface area contributed by atoms with Crippen molar-refractivity contribution < 1.29 is 10.0 Å². The van der Waals surface area contributed by atoms with E-state index in [0.29, 0.717) is 17.1 Å². The summed E-state index contributed by atoms with van der Waals surface area (Å²) in [5, 5.41) is 40.1. The van der Waals surface area contributed by atoms with Crippen molar-refractivity contribution >= 4 is 187 Å². The summed E-state index contributed by atoms with van der Waals surface area (Å²) in [5.41, 5.74) is 17.1. The first kappa shape index (κ1) is 71.7. The van der Waals surface area contributed by atoms with Gasteiger partial charge in [0, 0.05) is 56.6 Å². The normalized spacial score (nSPS) is 11.4. The van der Waals surface area contributed by atoms with Gasteiger partial charge in [0.1, 0.15) is 0 Å². The van der Waals surface area contributed by atoms with E-state index in [1.165, 1.54) is 129 Å². The van der Waals surface area contributed by atoms with Gasteiger partial charge in [0.15, 0.2) is 11.6 Å². The molecule has 1 aliphatic rings. The number of hydrogen-bond acceptors (Lipinski definition) is 5. The van der Waals surface area contributed by atoms with E-state index in [0.717, 1.165) is 54.3 Å². The Morgan fingerprint density at radius 2 is 0.652 bits per heavy atom. The van der Waals surface area contributed by atoms with Crippen LogP contribution in [0.1, 0.15) is 11.1 Å². The van der Waals surface area contributed by atoms with Crippen LogP contribution in [0.4, 0.5) is 0 Å². The standard InChI is InChI=1S/C26H18BNO2.C26H16BrN.C21H14ClN3.C21H14.C6H4BrI/c29-27(30)19-8-5-9-20(16-19)28-23-14-12-17-6-1-3-10-21(17)25(23)26-22-11-4-2-7-18(22)13-15-24(26)28;27-19-8-5-9-20(16-19)28-23-14-12-17-6-1-3-10-21(17)25(23)26-22-11-4-2-7-18(22)13-15-24(26)28;22-21-24-19(16-10-5-2-6-11-16)23-20(25-21)18-13-7-12-17(14-18)15-8-3-1-4-9-15;1-3-7-18-14(5-1)9-11-16-13-17-12-10-15-6-2-4-8-19(15)21(17)20(16)18;7-5-2-1-3-6(8)4-5/h1-16,29-30H;1-16H;1-14H;1-12H,13H2;1-4H. The number of rotatable bonds is 6. The Morgan fingerprint density at radius 3 is 1.08 bits per heavy atom. The predicted octanol–water partition coefficient (Wildman–Crippen LogP) is 26.8. The minimum absolute atomic E-state index is 0.189. The smallest absolute Gasteiger partial charge is 0.423 e. The van der Waals surface area contributed by atoms with E-state index in [-0.39, 0.29) is 5.28 Å². The van der Waals surface area contributed by atoms with Crippen LogP contribution in [0.5, 0.6) is 0 Å². The maximum atomic E-state index is 9.70. The minimum atomic E-state index is -1.50. The van der Waals surface area contributed by atoms with Gasteiger partial charge in [-0.25, -0.2) is 4.98 Å². The lowest BCUT2D eigenvalue weighted by atomic mass is 9.80. The number of hydrogen-bond donors (Lipinski definition) is 2. The molecule has 0 aliphatic heterocycles. The van der Waals surface area contributed by atoms with Crippen molar-refractivity contribution in [3.8, 4) is 56.4 Å². The SMILES string of the molecule is Brc1cccc(-n2c3ccc4ccccc4c3c3c4ccccc4ccc32)c1.Brc1cccc(I)c1.Clc1nc(-c2ccccc2)nc(-c2cccc(-c3ccccc3)c2)n1.OB(O)c1cccc(-n2c3ccc4ccccc4c3c3c4ccccc4ccc32)c1.c1ccc2c3c(ccc2c1)Cc1ccc2ccccc2c1-3. The molecule has 1 aliphatic carbocycles. The fraction of sp³-hybridized carbons (Fsp3) is 0.0100. The molecule has 112 heavy (non-hydrogen) atoms. The second-order valence-corrected chi connectivity index (χ2v) is 31.1. The number of benzene rings is 18. The summed E-state index contributed by atoms with van der Waals surface area (Å²) >= 11 is 15.4. The molecule has 3 heterocycles. The molecule has 0 spiro atoms. The third-order valence-corrected chi connectivity index (χ3v) is 22.7. The quantitative estimate of drug-likeness (QED) is 0.128. The fourth-order valence-corrected chi connectivity index (χ4v) is 17.9. The highest BCUT2D eigenvalue weighted by molar-refractivity contribution is 14.1. The molecule has 18 aromatic carbocycles. The van der Waals surface area contributed by atoms with Gasteiger partial charge in [-0.05, 0) is 223 Å². The first-order chi connectivity index (χ1) is 55.0. The maximum Gasteiger partial charge on any atom is 0.488 e. The van der Waals surface area contributed by atoms with Crippen LogP contribution in [0.2, 0.25) is 5.28 Å². The van der Waals surface area contributed by atoms with E-state index >= 15 is 0 Å². The molecular weight excluding hydrogens is 1640 g/mol. The van der Waals surface area contributed by atoms with Crippen molar-refractivity contribution in [2.24, 2.45) is 0 Å². The second kappa shape index (κ2) is 31.5. The summed E-state index contributed by atoms with van der Waals surface area (Å²) < 4.78 is 8.09. The van der Waals surface area contributed by atoms with Crippen LogP contribution in [-0.4, -0.2) is 41.3 Å². The molecule has 0 atom stereocenters. The van der Waals surface area contributed by atoms with Crippen molar-refractivity contribution in [2.45, 2.75) is 6.42 Å². The number of fused-ring (bicyclic) bond motifs is 21. The maximum absolute atomic E-state index is 9.70. The van der Waals surface area contributed by atoms with E-state index in [4.69, 9.17) is 11.6 Å². The molecule has 0 unspecified atom stereocenters. The van der Waals surface area contributed by atoms with Gasteiger partial charge in [0.05, 0.1) is 22.1 Å². The summed E-state index contributed by atoms with van der Waals surface area (Å²) in [4.78, 5) is 13.2. The van der Waals surface area contributed by atoms with Gasteiger partial charge in [-0.15, -0.1) is 0 Å². The lowest BCUT2D eigenvalue weighted by Crippen LogP contribution is -2.29. The highest BCUT2D eigenvalue weighted by atomic mass is 127. The first-order valence-electron chi connectivity index (χ1n) is 37.0. The van der Waals surface area contributed by atoms with Gasteiger partial charge >= 0.3 is 7.12 Å². The van der Waals surface area contributed by atoms with Crippen LogP contribution < -0.4 is 5.46 Å². The lowest BCUT2D eigenvalue weighted by Gasteiger charge is -2.10. The zero-order valence-corrected chi connectivity index (χ0v) is 66.3. The molecule has 0 fully saturated rings. The number of nitrogens with zero attached hydrogens (tertiary/aromatic N) is 5. The minimum Gasteiger partial charge on any atom is -0.423 e. The van der Waals surface area contributed by atoms with Crippen molar-refractivity contribution in [3.63, 3.8) is 0 Å². The second-order valence-electron chi connectivity index (χ2n) is 27.7. The van der Waals surface area contributed by atoms with Gasteiger partial charge in [-0.1, -0.05) is 329 Å². The molecular formula is C100H66BBr2ClIN5O2. The summed E-state index contributed by atoms with van der Waals surface area (Å²) in [6.07, 6.45) is 1.06. The van der Waals surface area contributed by atoms with Crippen molar-refractivity contribution in [1.82, 2.24) is 24.1 Å². The zero-order chi connectivity index (χ0) is 75.8. The monoisotopic (exact) mass is 1700 g/mol. The Bertz CT molecular complexity index is 6890. The number of aromatic nitrogens is 5. The average molecular weight is 1700 g/mol. The van der Waals surface area contributed by atoms with Gasteiger partial charge < -0.3 is 19.2 Å². The van der Waals surface area contributed by atoms with Crippen LogP contribution in [0.25, 0.3) is 165 Å². The molecule has 534 valence electrons. The van der Waals surface area contributed by atoms with Gasteiger partial charge in [-0.3, -0.25) is 0 Å². The molecule has 2 N–H and O–H groups in total. The molecule has 3 aromatic heterocycles. The zero-order valence-electron chi connectivity index (χ0n) is 60.2.